The number of hydrogen-bond donors (Lipinski definition) is 1. The van der Waals surface area contributed by atoms with Gasteiger partial charge >= 0.3 is 11.9 Å². The Morgan fingerprint density at radius 3 is 2.38 bits per heavy atom. The van der Waals surface area contributed by atoms with Crippen LogP contribution in [-0.2, 0) is 19.1 Å². The molecule has 1 amide bonds. The van der Waals surface area contributed by atoms with Gasteiger partial charge in [-0.2, -0.15) is 0 Å². The summed E-state index contributed by atoms with van der Waals surface area (Å²) in [5, 5.41) is 2.57. The summed E-state index contributed by atoms with van der Waals surface area (Å²) in [6.45, 7) is 0. The Kier molecular flexibility index (Phi) is 1.61. The van der Waals surface area contributed by atoms with Crippen LogP contribution in [0, 0.1) is 0 Å². The summed E-state index contributed by atoms with van der Waals surface area (Å²) < 4.78 is 4.48. The summed E-state index contributed by atoms with van der Waals surface area (Å²) in [6, 6.07) is 0. The zero-order valence-corrected chi connectivity index (χ0v) is 6.96. The first-order valence-corrected chi connectivity index (χ1v) is 4.18. The number of amides is 1. The van der Waals surface area contributed by atoms with Crippen molar-refractivity contribution in [2.45, 2.75) is 31.2 Å². The van der Waals surface area contributed by atoms with E-state index in [4.69, 9.17) is 0 Å². The molecule has 1 atom stereocenters. The highest BCUT2D eigenvalue weighted by atomic mass is 16.6. The molecule has 0 bridgehead atoms. The van der Waals surface area contributed by atoms with E-state index in [9.17, 15) is 14.4 Å². The summed E-state index contributed by atoms with van der Waals surface area (Å²) >= 11 is 0. The summed E-state index contributed by atoms with van der Waals surface area (Å²) in [5.41, 5.74) is -0.898. The maximum absolute atomic E-state index is 11.3. The third-order valence-corrected chi connectivity index (χ3v) is 2.51. The molecule has 1 N–H and O–H groups in total. The molecule has 70 valence electrons. The van der Waals surface area contributed by atoms with Crippen LogP contribution in [0.15, 0.2) is 0 Å². The zero-order valence-electron chi connectivity index (χ0n) is 6.96. The fraction of sp³-hybridized carbons (Fsp3) is 0.625. The lowest BCUT2D eigenvalue weighted by Crippen LogP contribution is -2.53. The molecule has 0 aromatic heterocycles. The molecule has 0 aromatic rings. The normalized spacial score (nSPS) is 33.4. The number of cyclic esters (lactones) is 2. The van der Waals surface area contributed by atoms with Crippen LogP contribution in [-0.4, -0.2) is 23.4 Å². The number of ether oxygens (including phenoxy) is 1. The second kappa shape index (κ2) is 2.55. The van der Waals surface area contributed by atoms with Crippen LogP contribution >= 0.6 is 0 Å². The van der Waals surface area contributed by atoms with Crippen LogP contribution in [0.25, 0.3) is 0 Å². The van der Waals surface area contributed by atoms with Crippen molar-refractivity contribution in [1.29, 1.82) is 0 Å². The Morgan fingerprint density at radius 1 is 1.15 bits per heavy atom. The van der Waals surface area contributed by atoms with Crippen LogP contribution < -0.4 is 5.32 Å². The average molecular weight is 183 g/mol. The number of esters is 2. The van der Waals surface area contributed by atoms with E-state index >= 15 is 0 Å². The highest BCUT2D eigenvalue weighted by Crippen LogP contribution is 2.30. The Balaban J connectivity index is 2.19. The number of hydrogen-bond acceptors (Lipinski definition) is 4. The van der Waals surface area contributed by atoms with E-state index < -0.39 is 17.5 Å². The summed E-state index contributed by atoms with van der Waals surface area (Å²) in [5.74, 6) is -1.25. The molecule has 0 saturated carbocycles. The van der Waals surface area contributed by atoms with Gasteiger partial charge in [0.25, 0.3) is 0 Å². The van der Waals surface area contributed by atoms with Crippen molar-refractivity contribution in [3.63, 3.8) is 0 Å². The number of carbonyl (C=O) groups is 3. The monoisotopic (exact) mass is 183 g/mol. The molecule has 0 radical (unpaired) electrons. The van der Waals surface area contributed by atoms with Gasteiger partial charge in [-0.1, -0.05) is 0 Å². The minimum absolute atomic E-state index is 0.147. The van der Waals surface area contributed by atoms with Crippen molar-refractivity contribution in [1.82, 2.24) is 5.32 Å². The van der Waals surface area contributed by atoms with Gasteiger partial charge in [0.1, 0.15) is 5.54 Å². The molecule has 2 aliphatic rings. The fourth-order valence-electron chi connectivity index (χ4n) is 1.73. The van der Waals surface area contributed by atoms with Crippen LogP contribution in [0.1, 0.15) is 25.7 Å². The van der Waals surface area contributed by atoms with Gasteiger partial charge < -0.3 is 10.1 Å². The SMILES string of the molecule is O=C1CC[C@]2(CCC(=O)OC2=O)N1. The van der Waals surface area contributed by atoms with Gasteiger partial charge in [-0.3, -0.25) is 9.59 Å². The van der Waals surface area contributed by atoms with E-state index in [1.54, 1.807) is 0 Å². The van der Waals surface area contributed by atoms with E-state index in [0.717, 1.165) is 0 Å². The first-order chi connectivity index (χ1) is 6.12. The standard InChI is InChI=1S/C8H9NO4/c10-5-1-3-8(9-5)4-2-6(11)13-7(8)12/h1-4H2,(H,9,10)/t8-/m1/s1. The maximum atomic E-state index is 11.3. The predicted octanol–water partition coefficient (Wildman–Crippen LogP) is -0.501. The largest absolute Gasteiger partial charge is 0.391 e. The summed E-state index contributed by atoms with van der Waals surface area (Å²) in [6.07, 6.45) is 1.35. The second-order valence-electron chi connectivity index (χ2n) is 3.39. The average Bonchev–Trinajstić information content (AvgIpc) is 2.43. The first-order valence-electron chi connectivity index (χ1n) is 4.18. The second-order valence-corrected chi connectivity index (χ2v) is 3.39. The third kappa shape index (κ3) is 1.20. The summed E-state index contributed by atoms with van der Waals surface area (Å²) in [7, 11) is 0. The van der Waals surface area contributed by atoms with E-state index in [1.165, 1.54) is 0 Å². The Bertz CT molecular complexity index is 299. The molecule has 2 rings (SSSR count). The quantitative estimate of drug-likeness (QED) is 0.406. The highest BCUT2D eigenvalue weighted by molar-refractivity contribution is 5.98. The summed E-state index contributed by atoms with van der Waals surface area (Å²) in [4.78, 5) is 33.0. The number of nitrogens with one attached hydrogen (secondary N) is 1. The van der Waals surface area contributed by atoms with Crippen LogP contribution in [0.2, 0.25) is 0 Å². The van der Waals surface area contributed by atoms with Gasteiger partial charge in [-0.15, -0.1) is 0 Å². The molecule has 13 heavy (non-hydrogen) atoms. The molecule has 5 heteroatoms. The maximum Gasteiger partial charge on any atom is 0.339 e. The molecule has 0 aromatic carbocycles. The van der Waals surface area contributed by atoms with Crippen molar-refractivity contribution in [3.8, 4) is 0 Å². The lowest BCUT2D eigenvalue weighted by atomic mass is 9.90. The Morgan fingerprint density at radius 2 is 1.85 bits per heavy atom. The van der Waals surface area contributed by atoms with Gasteiger partial charge in [0.15, 0.2) is 0 Å². The molecule has 2 aliphatic heterocycles. The van der Waals surface area contributed by atoms with Gasteiger partial charge in [0, 0.05) is 12.8 Å². The molecule has 5 nitrogen and oxygen atoms in total. The van der Waals surface area contributed by atoms with Gasteiger partial charge in [0.2, 0.25) is 5.91 Å². The Labute approximate surface area is 74.4 Å². The third-order valence-electron chi connectivity index (χ3n) is 2.51. The molecular weight excluding hydrogens is 174 g/mol. The molecule has 2 saturated heterocycles. The van der Waals surface area contributed by atoms with Crippen LogP contribution in [0.5, 0.6) is 0 Å². The van der Waals surface area contributed by atoms with Crippen molar-refractivity contribution >= 4 is 17.8 Å². The van der Waals surface area contributed by atoms with Gasteiger partial charge in [0.05, 0.1) is 0 Å². The smallest absolute Gasteiger partial charge is 0.339 e. The van der Waals surface area contributed by atoms with E-state index in [-0.39, 0.29) is 12.3 Å². The minimum Gasteiger partial charge on any atom is -0.391 e. The van der Waals surface area contributed by atoms with Crippen molar-refractivity contribution in [2.24, 2.45) is 0 Å². The lowest BCUT2D eigenvalue weighted by molar-refractivity contribution is -0.170. The van der Waals surface area contributed by atoms with Crippen molar-refractivity contribution in [2.75, 3.05) is 0 Å². The molecule has 2 heterocycles. The molecule has 1 spiro atoms. The van der Waals surface area contributed by atoms with Crippen molar-refractivity contribution in [3.05, 3.63) is 0 Å². The zero-order chi connectivity index (χ0) is 9.47. The Hall–Kier alpha value is -1.39. The van der Waals surface area contributed by atoms with Crippen LogP contribution in [0.3, 0.4) is 0 Å². The van der Waals surface area contributed by atoms with Gasteiger partial charge in [-0.25, -0.2) is 4.79 Å². The first kappa shape index (κ1) is 8.22. The number of rotatable bonds is 0. The molecule has 0 unspecified atom stereocenters. The van der Waals surface area contributed by atoms with E-state index in [0.29, 0.717) is 19.3 Å². The lowest BCUT2D eigenvalue weighted by Gasteiger charge is -2.29. The molecule has 0 aliphatic carbocycles. The van der Waals surface area contributed by atoms with E-state index in [2.05, 4.69) is 10.1 Å². The predicted molar refractivity (Wildman–Crippen MR) is 40.4 cm³/mol. The number of carbonyl (C=O) groups excluding carboxylic acids is 3. The molecule has 2 fully saturated rings. The van der Waals surface area contributed by atoms with E-state index in [1.807, 2.05) is 0 Å². The molecular formula is C8H9NO4. The van der Waals surface area contributed by atoms with Gasteiger partial charge in [-0.05, 0) is 12.8 Å². The minimum atomic E-state index is -0.898. The van der Waals surface area contributed by atoms with Crippen molar-refractivity contribution < 1.29 is 19.1 Å². The topological polar surface area (TPSA) is 72.5 Å². The highest BCUT2D eigenvalue weighted by Gasteiger charge is 2.49. The van der Waals surface area contributed by atoms with Crippen LogP contribution in [0.4, 0.5) is 0 Å². The fourth-order valence-corrected chi connectivity index (χ4v) is 1.73.